The van der Waals surface area contributed by atoms with E-state index in [4.69, 9.17) is 9.84 Å². The Labute approximate surface area is 105 Å². The molecule has 1 aliphatic heterocycles. The zero-order chi connectivity index (χ0) is 13.0. The molecule has 0 aliphatic carbocycles. The van der Waals surface area contributed by atoms with E-state index in [2.05, 4.69) is 0 Å². The monoisotopic (exact) mass is 249 g/mol. The molecule has 1 aliphatic rings. The summed E-state index contributed by atoms with van der Waals surface area (Å²) in [5, 5.41) is 8.62. The quantitative estimate of drug-likeness (QED) is 0.813. The number of amides is 1. The van der Waals surface area contributed by atoms with E-state index in [0.717, 1.165) is 5.56 Å². The molecule has 0 bridgehead atoms. The zero-order valence-electron chi connectivity index (χ0n) is 9.91. The van der Waals surface area contributed by atoms with Gasteiger partial charge in [0.15, 0.2) is 0 Å². The fourth-order valence-corrected chi connectivity index (χ4v) is 1.99. The molecule has 1 N–H and O–H groups in total. The minimum Gasteiger partial charge on any atom is -0.481 e. The number of ether oxygens (including phenoxy) is 1. The zero-order valence-corrected chi connectivity index (χ0v) is 9.91. The Kier molecular flexibility index (Phi) is 3.94. The molecule has 1 aromatic rings. The number of benzene rings is 1. The first-order chi connectivity index (χ1) is 8.66. The number of rotatable bonds is 3. The third-order valence-corrected chi connectivity index (χ3v) is 2.89. The molecule has 18 heavy (non-hydrogen) atoms. The lowest BCUT2D eigenvalue weighted by atomic mass is 10.1. The predicted molar refractivity (Wildman–Crippen MR) is 64.0 cm³/mol. The molecule has 1 unspecified atom stereocenters. The van der Waals surface area contributed by atoms with Gasteiger partial charge in [-0.05, 0) is 5.56 Å². The molecule has 0 aromatic heterocycles. The maximum atomic E-state index is 11.7. The molecule has 0 saturated carbocycles. The molecule has 96 valence electrons. The predicted octanol–water partition coefficient (Wildman–Crippen LogP) is 1.06. The molecule has 2 rings (SSSR count). The number of carboxylic acids is 1. The summed E-state index contributed by atoms with van der Waals surface area (Å²) in [6, 6.07) is 9.62. The highest BCUT2D eigenvalue weighted by atomic mass is 16.5. The molecule has 1 atom stereocenters. The summed E-state index contributed by atoms with van der Waals surface area (Å²) >= 11 is 0. The number of nitrogens with zero attached hydrogens (tertiary/aromatic N) is 1. The highest BCUT2D eigenvalue weighted by molar-refractivity contribution is 5.93. The molecule has 1 heterocycles. The van der Waals surface area contributed by atoms with Crippen LogP contribution in [0.4, 0.5) is 0 Å². The van der Waals surface area contributed by atoms with E-state index in [1.54, 1.807) is 4.90 Å². The van der Waals surface area contributed by atoms with Crippen molar-refractivity contribution in [2.24, 2.45) is 0 Å². The number of hydrogen-bond donors (Lipinski definition) is 1. The number of hydrogen-bond acceptors (Lipinski definition) is 3. The normalized spacial score (nSPS) is 19.6. The maximum absolute atomic E-state index is 11.7. The minimum atomic E-state index is -1.09. The van der Waals surface area contributed by atoms with Gasteiger partial charge in [-0.3, -0.25) is 9.59 Å². The van der Waals surface area contributed by atoms with Gasteiger partial charge in [0.2, 0.25) is 5.91 Å². The van der Waals surface area contributed by atoms with Crippen LogP contribution in [0.1, 0.15) is 18.1 Å². The fourth-order valence-electron chi connectivity index (χ4n) is 1.99. The van der Waals surface area contributed by atoms with Crippen LogP contribution in [0.2, 0.25) is 0 Å². The Bertz CT molecular complexity index is 432. The van der Waals surface area contributed by atoms with Crippen LogP contribution < -0.4 is 0 Å². The molecule has 1 fully saturated rings. The van der Waals surface area contributed by atoms with Crippen LogP contribution in [0.25, 0.3) is 0 Å². The molecule has 0 radical (unpaired) electrons. The molecule has 1 saturated heterocycles. The highest BCUT2D eigenvalue weighted by Crippen LogP contribution is 2.22. The molecule has 1 amide bonds. The number of carboxylic acid groups (broad SMARTS) is 1. The standard InChI is InChI=1S/C13H15NO4/c15-12(8-13(16)17)14-6-7-18-11(9-14)10-4-2-1-3-5-10/h1-5,11H,6-9H2,(H,16,17). The molecular formula is C13H15NO4. The molecular weight excluding hydrogens is 234 g/mol. The Morgan fingerprint density at radius 2 is 2.06 bits per heavy atom. The second-order valence-electron chi connectivity index (χ2n) is 4.18. The molecule has 5 nitrogen and oxygen atoms in total. The summed E-state index contributed by atoms with van der Waals surface area (Å²) in [6.07, 6.45) is -0.626. The average Bonchev–Trinajstić information content (AvgIpc) is 2.39. The lowest BCUT2D eigenvalue weighted by Crippen LogP contribution is -2.42. The summed E-state index contributed by atoms with van der Waals surface area (Å²) in [5.74, 6) is -1.45. The first kappa shape index (κ1) is 12.6. The van der Waals surface area contributed by atoms with Crippen LogP contribution in [0.15, 0.2) is 30.3 Å². The van der Waals surface area contributed by atoms with E-state index in [1.165, 1.54) is 0 Å². The maximum Gasteiger partial charge on any atom is 0.312 e. The van der Waals surface area contributed by atoms with Crippen LogP contribution in [-0.2, 0) is 14.3 Å². The molecule has 0 spiro atoms. The Balaban J connectivity index is 2.01. The number of aliphatic carboxylic acids is 1. The smallest absolute Gasteiger partial charge is 0.312 e. The summed E-state index contributed by atoms with van der Waals surface area (Å²) in [4.78, 5) is 23.8. The number of morpholine rings is 1. The van der Waals surface area contributed by atoms with Crippen molar-refractivity contribution < 1.29 is 19.4 Å². The molecule has 5 heteroatoms. The summed E-state index contributed by atoms with van der Waals surface area (Å²) in [5.41, 5.74) is 1.00. The van der Waals surface area contributed by atoms with E-state index >= 15 is 0 Å². The van der Waals surface area contributed by atoms with Crippen LogP contribution in [-0.4, -0.2) is 41.6 Å². The second kappa shape index (κ2) is 5.64. The lowest BCUT2D eigenvalue weighted by molar-refractivity contribution is -0.148. The number of carbonyl (C=O) groups is 2. The lowest BCUT2D eigenvalue weighted by Gasteiger charge is -2.33. The van der Waals surface area contributed by atoms with Crippen molar-refractivity contribution in [2.75, 3.05) is 19.7 Å². The van der Waals surface area contributed by atoms with Crippen LogP contribution in [0, 0.1) is 0 Å². The van der Waals surface area contributed by atoms with Gasteiger partial charge in [0, 0.05) is 6.54 Å². The third-order valence-electron chi connectivity index (χ3n) is 2.89. The van der Waals surface area contributed by atoms with Gasteiger partial charge in [-0.2, -0.15) is 0 Å². The first-order valence-corrected chi connectivity index (χ1v) is 5.83. The first-order valence-electron chi connectivity index (χ1n) is 5.83. The van der Waals surface area contributed by atoms with Gasteiger partial charge in [-0.15, -0.1) is 0 Å². The van der Waals surface area contributed by atoms with E-state index in [9.17, 15) is 9.59 Å². The van der Waals surface area contributed by atoms with Crippen molar-refractivity contribution in [3.05, 3.63) is 35.9 Å². The van der Waals surface area contributed by atoms with Crippen molar-refractivity contribution in [1.82, 2.24) is 4.90 Å². The van der Waals surface area contributed by atoms with Gasteiger partial charge in [-0.25, -0.2) is 0 Å². The van der Waals surface area contributed by atoms with Gasteiger partial charge in [0.25, 0.3) is 0 Å². The fraction of sp³-hybridized carbons (Fsp3) is 0.385. The van der Waals surface area contributed by atoms with E-state index in [-0.39, 0.29) is 12.0 Å². The van der Waals surface area contributed by atoms with Crippen LogP contribution in [0.5, 0.6) is 0 Å². The van der Waals surface area contributed by atoms with E-state index in [0.29, 0.717) is 19.7 Å². The highest BCUT2D eigenvalue weighted by Gasteiger charge is 2.26. The van der Waals surface area contributed by atoms with E-state index < -0.39 is 12.4 Å². The SMILES string of the molecule is O=C(O)CC(=O)N1CCOC(c2ccccc2)C1. The van der Waals surface area contributed by atoms with Gasteiger partial charge < -0.3 is 14.7 Å². The molecule has 1 aromatic carbocycles. The van der Waals surface area contributed by atoms with Crippen molar-refractivity contribution in [3.63, 3.8) is 0 Å². The Hall–Kier alpha value is -1.88. The van der Waals surface area contributed by atoms with Crippen molar-refractivity contribution in [3.8, 4) is 0 Å². The second-order valence-corrected chi connectivity index (χ2v) is 4.18. The van der Waals surface area contributed by atoms with Crippen molar-refractivity contribution >= 4 is 11.9 Å². The average molecular weight is 249 g/mol. The van der Waals surface area contributed by atoms with Crippen LogP contribution >= 0.6 is 0 Å². The van der Waals surface area contributed by atoms with Gasteiger partial charge in [-0.1, -0.05) is 30.3 Å². The van der Waals surface area contributed by atoms with Crippen LogP contribution in [0.3, 0.4) is 0 Å². The van der Waals surface area contributed by atoms with Crippen molar-refractivity contribution in [1.29, 1.82) is 0 Å². The summed E-state index contributed by atoms with van der Waals surface area (Å²) < 4.78 is 5.61. The largest absolute Gasteiger partial charge is 0.481 e. The topological polar surface area (TPSA) is 66.8 Å². The summed E-state index contributed by atoms with van der Waals surface area (Å²) in [6.45, 7) is 1.30. The van der Waals surface area contributed by atoms with Gasteiger partial charge in [0.05, 0.1) is 13.2 Å². The summed E-state index contributed by atoms with van der Waals surface area (Å²) in [7, 11) is 0. The third kappa shape index (κ3) is 3.07. The number of carbonyl (C=O) groups excluding carboxylic acids is 1. The Morgan fingerprint density at radius 3 is 2.72 bits per heavy atom. The van der Waals surface area contributed by atoms with Crippen molar-refractivity contribution in [2.45, 2.75) is 12.5 Å². The van der Waals surface area contributed by atoms with Gasteiger partial charge in [0.1, 0.15) is 12.5 Å². The Morgan fingerprint density at radius 1 is 1.33 bits per heavy atom. The van der Waals surface area contributed by atoms with E-state index in [1.807, 2.05) is 30.3 Å². The van der Waals surface area contributed by atoms with Gasteiger partial charge >= 0.3 is 5.97 Å². The minimum absolute atomic E-state index is 0.169.